The van der Waals surface area contributed by atoms with Crippen LogP contribution in [0.1, 0.15) is 10.4 Å². The Balaban J connectivity index is 1.79. The summed E-state index contributed by atoms with van der Waals surface area (Å²) in [4.78, 5) is 16.5. The van der Waals surface area contributed by atoms with Gasteiger partial charge < -0.3 is 9.47 Å². The molecule has 0 atom stereocenters. The molecule has 122 valence electrons. The predicted octanol–water partition coefficient (Wildman–Crippen LogP) is 3.47. The van der Waals surface area contributed by atoms with Crippen LogP contribution >= 0.6 is 11.5 Å². The molecule has 0 saturated carbocycles. The van der Waals surface area contributed by atoms with Crippen LogP contribution in [0.5, 0.6) is 11.5 Å². The Labute approximate surface area is 143 Å². The van der Waals surface area contributed by atoms with E-state index in [-0.39, 0.29) is 5.91 Å². The normalized spacial score (nSPS) is 10.2. The quantitative estimate of drug-likeness (QED) is 0.769. The lowest BCUT2D eigenvalue weighted by molar-refractivity contribution is 0.102. The minimum Gasteiger partial charge on any atom is -0.493 e. The Bertz CT molecular complexity index is 849. The fourth-order valence-electron chi connectivity index (χ4n) is 2.13. The van der Waals surface area contributed by atoms with Gasteiger partial charge in [0.2, 0.25) is 5.13 Å². The van der Waals surface area contributed by atoms with Crippen molar-refractivity contribution in [2.45, 2.75) is 0 Å². The van der Waals surface area contributed by atoms with Crippen LogP contribution in [0.15, 0.2) is 48.5 Å². The topological polar surface area (TPSA) is 73.3 Å². The number of benzene rings is 2. The number of rotatable bonds is 5. The van der Waals surface area contributed by atoms with Gasteiger partial charge in [-0.15, -0.1) is 0 Å². The average molecular weight is 341 g/mol. The third kappa shape index (κ3) is 3.36. The second-order valence-corrected chi connectivity index (χ2v) is 5.56. The summed E-state index contributed by atoms with van der Waals surface area (Å²) >= 11 is 1.13. The smallest absolute Gasteiger partial charge is 0.257 e. The molecule has 0 saturated heterocycles. The van der Waals surface area contributed by atoms with Crippen molar-refractivity contribution in [3.63, 3.8) is 0 Å². The summed E-state index contributed by atoms with van der Waals surface area (Å²) in [5.74, 6) is 1.53. The van der Waals surface area contributed by atoms with Crippen molar-refractivity contribution in [3.05, 3.63) is 54.1 Å². The van der Waals surface area contributed by atoms with Crippen molar-refractivity contribution in [2.24, 2.45) is 0 Å². The highest BCUT2D eigenvalue weighted by Gasteiger charge is 2.13. The average Bonchev–Trinajstić information content (AvgIpc) is 3.10. The molecule has 24 heavy (non-hydrogen) atoms. The fourth-order valence-corrected chi connectivity index (χ4v) is 2.71. The summed E-state index contributed by atoms with van der Waals surface area (Å²) in [6.45, 7) is 0. The lowest BCUT2D eigenvalue weighted by atomic mass is 10.2. The van der Waals surface area contributed by atoms with E-state index >= 15 is 0 Å². The molecule has 1 N–H and O–H groups in total. The molecular weight excluding hydrogens is 326 g/mol. The lowest BCUT2D eigenvalue weighted by Gasteiger charge is -2.07. The van der Waals surface area contributed by atoms with Gasteiger partial charge in [-0.05, 0) is 30.3 Å². The number of ether oxygens (including phenoxy) is 2. The Morgan fingerprint density at radius 2 is 1.79 bits per heavy atom. The van der Waals surface area contributed by atoms with Gasteiger partial charge in [-0.25, -0.2) is 0 Å². The number of carbonyl (C=O) groups is 1. The lowest BCUT2D eigenvalue weighted by Crippen LogP contribution is -2.11. The fraction of sp³-hybridized carbons (Fsp3) is 0.118. The number of aromatic nitrogens is 2. The van der Waals surface area contributed by atoms with Crippen LogP contribution in [0.4, 0.5) is 5.13 Å². The number of nitrogens with zero attached hydrogens (tertiary/aromatic N) is 2. The molecule has 0 aliphatic carbocycles. The first kappa shape index (κ1) is 15.9. The zero-order valence-corrected chi connectivity index (χ0v) is 14.0. The van der Waals surface area contributed by atoms with E-state index in [0.717, 1.165) is 17.1 Å². The number of methoxy groups -OCH3 is 2. The van der Waals surface area contributed by atoms with E-state index in [1.54, 1.807) is 38.5 Å². The van der Waals surface area contributed by atoms with E-state index in [2.05, 4.69) is 14.7 Å². The molecular formula is C17H15N3O3S. The molecule has 0 unspecified atom stereocenters. The molecule has 2 aromatic carbocycles. The molecule has 0 fully saturated rings. The molecule has 0 aliphatic rings. The second kappa shape index (κ2) is 7.10. The zero-order chi connectivity index (χ0) is 16.9. The Morgan fingerprint density at radius 1 is 1.04 bits per heavy atom. The van der Waals surface area contributed by atoms with Crippen LogP contribution in [0.2, 0.25) is 0 Å². The van der Waals surface area contributed by atoms with Gasteiger partial charge in [0, 0.05) is 22.7 Å². The van der Waals surface area contributed by atoms with E-state index in [9.17, 15) is 4.79 Å². The standard InChI is InChI=1S/C17H15N3O3S/c1-22-13-9-8-12(10-14(13)23-2)15-18-17(24-20-15)19-16(21)11-6-4-3-5-7-11/h3-10H,1-2H3,(H,18,19,20,21). The van der Waals surface area contributed by atoms with Gasteiger partial charge in [-0.2, -0.15) is 9.36 Å². The van der Waals surface area contributed by atoms with Crippen LogP contribution in [-0.2, 0) is 0 Å². The Hall–Kier alpha value is -2.93. The summed E-state index contributed by atoms with van der Waals surface area (Å²) in [6, 6.07) is 14.4. The predicted molar refractivity (Wildman–Crippen MR) is 92.8 cm³/mol. The zero-order valence-electron chi connectivity index (χ0n) is 13.1. The highest BCUT2D eigenvalue weighted by Crippen LogP contribution is 2.32. The number of hydrogen-bond donors (Lipinski definition) is 1. The van der Waals surface area contributed by atoms with Crippen LogP contribution in [0.3, 0.4) is 0 Å². The first-order valence-electron chi connectivity index (χ1n) is 7.14. The van der Waals surface area contributed by atoms with Gasteiger partial charge in [0.1, 0.15) is 0 Å². The van der Waals surface area contributed by atoms with Gasteiger partial charge >= 0.3 is 0 Å². The van der Waals surface area contributed by atoms with Crippen molar-refractivity contribution in [3.8, 4) is 22.9 Å². The van der Waals surface area contributed by atoms with E-state index in [4.69, 9.17) is 9.47 Å². The summed E-state index contributed by atoms with van der Waals surface area (Å²) in [5.41, 5.74) is 1.35. The van der Waals surface area contributed by atoms with Gasteiger partial charge in [-0.3, -0.25) is 10.1 Å². The largest absolute Gasteiger partial charge is 0.493 e. The van der Waals surface area contributed by atoms with Gasteiger partial charge in [0.05, 0.1) is 14.2 Å². The van der Waals surface area contributed by atoms with Gasteiger partial charge in [0.25, 0.3) is 5.91 Å². The molecule has 7 heteroatoms. The van der Waals surface area contributed by atoms with Crippen molar-refractivity contribution in [2.75, 3.05) is 19.5 Å². The van der Waals surface area contributed by atoms with E-state index in [1.165, 1.54) is 0 Å². The number of amides is 1. The monoisotopic (exact) mass is 341 g/mol. The Kier molecular flexibility index (Phi) is 4.72. The minimum atomic E-state index is -0.217. The maximum absolute atomic E-state index is 12.1. The number of nitrogens with one attached hydrogen (secondary N) is 1. The number of carbonyl (C=O) groups excluding carboxylic acids is 1. The van der Waals surface area contributed by atoms with Crippen LogP contribution in [-0.4, -0.2) is 29.5 Å². The molecule has 6 nitrogen and oxygen atoms in total. The number of anilines is 1. The number of hydrogen-bond acceptors (Lipinski definition) is 6. The maximum Gasteiger partial charge on any atom is 0.257 e. The van der Waals surface area contributed by atoms with Gasteiger partial charge in [-0.1, -0.05) is 18.2 Å². The molecule has 0 bridgehead atoms. The molecule has 0 spiro atoms. The molecule has 1 amide bonds. The summed E-state index contributed by atoms with van der Waals surface area (Å²) in [7, 11) is 3.15. The van der Waals surface area contributed by atoms with Crippen molar-refractivity contribution >= 4 is 22.6 Å². The van der Waals surface area contributed by atoms with Crippen molar-refractivity contribution in [1.82, 2.24) is 9.36 Å². The van der Waals surface area contributed by atoms with E-state index in [1.807, 2.05) is 24.3 Å². The maximum atomic E-state index is 12.1. The molecule has 0 aliphatic heterocycles. The molecule has 0 radical (unpaired) electrons. The van der Waals surface area contributed by atoms with Crippen LogP contribution < -0.4 is 14.8 Å². The van der Waals surface area contributed by atoms with Crippen molar-refractivity contribution < 1.29 is 14.3 Å². The highest BCUT2D eigenvalue weighted by molar-refractivity contribution is 7.10. The van der Waals surface area contributed by atoms with Crippen molar-refractivity contribution in [1.29, 1.82) is 0 Å². The first-order chi connectivity index (χ1) is 11.7. The second-order valence-electron chi connectivity index (χ2n) is 4.81. The molecule has 1 aromatic heterocycles. The molecule has 1 heterocycles. The SMILES string of the molecule is COc1ccc(-c2nsc(NC(=O)c3ccccc3)n2)cc1OC. The third-order valence-corrected chi connectivity index (χ3v) is 3.95. The first-order valence-corrected chi connectivity index (χ1v) is 7.91. The van der Waals surface area contributed by atoms with E-state index < -0.39 is 0 Å². The van der Waals surface area contributed by atoms with E-state index in [0.29, 0.717) is 28.0 Å². The highest BCUT2D eigenvalue weighted by atomic mass is 32.1. The molecule has 3 rings (SSSR count). The summed E-state index contributed by atoms with van der Waals surface area (Å²) in [5, 5.41) is 3.19. The molecule has 3 aromatic rings. The minimum absolute atomic E-state index is 0.217. The third-order valence-electron chi connectivity index (χ3n) is 3.32. The van der Waals surface area contributed by atoms with Gasteiger partial charge in [0.15, 0.2) is 17.3 Å². The Morgan fingerprint density at radius 3 is 2.50 bits per heavy atom. The summed E-state index contributed by atoms with van der Waals surface area (Å²) in [6.07, 6.45) is 0. The van der Waals surface area contributed by atoms with Crippen LogP contribution in [0.25, 0.3) is 11.4 Å². The van der Waals surface area contributed by atoms with Crippen LogP contribution in [0, 0.1) is 0 Å². The summed E-state index contributed by atoms with van der Waals surface area (Å²) < 4.78 is 14.8.